The molecule has 2 aromatic rings. The summed E-state index contributed by atoms with van der Waals surface area (Å²) in [5.74, 6) is 0. The second kappa shape index (κ2) is 8.26. The van der Waals surface area contributed by atoms with Crippen LogP contribution in [0.4, 0.5) is 4.79 Å². The molecule has 24 heavy (non-hydrogen) atoms. The molecule has 1 aliphatic rings. The van der Waals surface area contributed by atoms with Crippen LogP contribution in [-0.4, -0.2) is 35.2 Å². The van der Waals surface area contributed by atoms with Crippen LogP contribution in [0.25, 0.3) is 0 Å². The molecule has 0 aliphatic carbocycles. The maximum absolute atomic E-state index is 12.8. The molecule has 3 heterocycles. The predicted octanol–water partition coefficient (Wildman–Crippen LogP) is 3.59. The summed E-state index contributed by atoms with van der Waals surface area (Å²) in [4.78, 5) is 19.9. The van der Waals surface area contributed by atoms with Crippen LogP contribution in [0.2, 0.25) is 0 Å². The minimum atomic E-state index is -0.0594. The fourth-order valence-corrected chi connectivity index (χ4v) is 3.58. The molecular weight excluding hydrogens is 322 g/mol. The third kappa shape index (κ3) is 4.55. The molecule has 0 aromatic carbocycles. The number of hydrogen-bond acceptors (Lipinski definition) is 4. The first-order chi connectivity index (χ1) is 11.7. The number of carbonyl (C=O) groups is 1. The number of urea groups is 1. The number of amides is 2. The van der Waals surface area contributed by atoms with E-state index >= 15 is 0 Å². The van der Waals surface area contributed by atoms with Gasteiger partial charge >= 0.3 is 6.03 Å². The van der Waals surface area contributed by atoms with Crippen molar-refractivity contribution in [2.75, 3.05) is 13.2 Å². The molecule has 0 radical (unpaired) electrons. The van der Waals surface area contributed by atoms with Crippen LogP contribution in [0.5, 0.6) is 0 Å². The van der Waals surface area contributed by atoms with Gasteiger partial charge in [-0.15, -0.1) is 11.3 Å². The molecule has 2 atom stereocenters. The van der Waals surface area contributed by atoms with Crippen LogP contribution in [-0.2, 0) is 11.3 Å². The molecular formula is C18H23N3O2S. The lowest BCUT2D eigenvalue weighted by Gasteiger charge is -2.27. The topological polar surface area (TPSA) is 54.5 Å². The van der Waals surface area contributed by atoms with Gasteiger partial charge in [-0.25, -0.2) is 4.79 Å². The molecule has 1 N–H and O–H groups in total. The van der Waals surface area contributed by atoms with E-state index in [-0.39, 0.29) is 18.2 Å². The number of nitrogens with one attached hydrogen (secondary N) is 1. The lowest BCUT2D eigenvalue weighted by atomic mass is 10.1. The van der Waals surface area contributed by atoms with E-state index in [2.05, 4.69) is 16.4 Å². The molecule has 5 nitrogen and oxygen atoms in total. The van der Waals surface area contributed by atoms with Crippen molar-refractivity contribution in [3.8, 4) is 0 Å². The van der Waals surface area contributed by atoms with Crippen molar-refractivity contribution in [3.63, 3.8) is 0 Å². The average Bonchev–Trinajstić information content (AvgIpc) is 3.29. The molecule has 0 spiro atoms. The maximum atomic E-state index is 12.8. The first-order valence-corrected chi connectivity index (χ1v) is 9.19. The van der Waals surface area contributed by atoms with Crippen LogP contribution in [0.3, 0.4) is 0 Å². The van der Waals surface area contributed by atoms with Gasteiger partial charge in [-0.1, -0.05) is 6.07 Å². The Hall–Kier alpha value is -1.92. The predicted molar refractivity (Wildman–Crippen MR) is 94.9 cm³/mol. The Balaban J connectivity index is 1.65. The van der Waals surface area contributed by atoms with Gasteiger partial charge in [0, 0.05) is 30.4 Å². The highest BCUT2D eigenvalue weighted by Crippen LogP contribution is 2.18. The fourth-order valence-electron chi connectivity index (χ4n) is 2.86. The van der Waals surface area contributed by atoms with Crippen molar-refractivity contribution >= 4 is 17.4 Å². The fraction of sp³-hybridized carbons (Fsp3) is 0.444. The van der Waals surface area contributed by atoms with Crippen LogP contribution in [0.15, 0.2) is 42.0 Å². The Morgan fingerprint density at radius 2 is 2.29 bits per heavy atom. The van der Waals surface area contributed by atoms with Crippen LogP contribution in [0.1, 0.15) is 36.2 Å². The molecule has 1 saturated heterocycles. The summed E-state index contributed by atoms with van der Waals surface area (Å²) in [7, 11) is 0. The normalized spacial score (nSPS) is 18.3. The highest BCUT2D eigenvalue weighted by molar-refractivity contribution is 7.09. The van der Waals surface area contributed by atoms with E-state index in [1.165, 1.54) is 4.88 Å². The Kier molecular flexibility index (Phi) is 5.82. The third-order valence-electron chi connectivity index (χ3n) is 4.21. The summed E-state index contributed by atoms with van der Waals surface area (Å²) in [6.45, 7) is 4.04. The molecule has 0 saturated carbocycles. The molecule has 0 bridgehead atoms. The van der Waals surface area contributed by atoms with Gasteiger partial charge in [-0.3, -0.25) is 4.98 Å². The van der Waals surface area contributed by atoms with E-state index in [0.29, 0.717) is 13.1 Å². The Morgan fingerprint density at radius 3 is 2.96 bits per heavy atom. The summed E-state index contributed by atoms with van der Waals surface area (Å²) in [6, 6.07) is 7.82. The van der Waals surface area contributed by atoms with Gasteiger partial charge in [0.1, 0.15) is 0 Å². The first kappa shape index (κ1) is 16.9. The molecule has 3 rings (SSSR count). The van der Waals surface area contributed by atoms with Gasteiger partial charge in [0.15, 0.2) is 0 Å². The number of ether oxygens (including phenoxy) is 1. The number of hydrogen-bond donors (Lipinski definition) is 1. The van der Waals surface area contributed by atoms with E-state index < -0.39 is 0 Å². The van der Waals surface area contributed by atoms with Crippen LogP contribution < -0.4 is 5.32 Å². The molecule has 1 aliphatic heterocycles. The zero-order chi connectivity index (χ0) is 16.8. The minimum absolute atomic E-state index is 0.0526. The second-order valence-electron chi connectivity index (χ2n) is 6.05. The van der Waals surface area contributed by atoms with E-state index in [9.17, 15) is 4.79 Å². The van der Waals surface area contributed by atoms with Crippen molar-refractivity contribution < 1.29 is 9.53 Å². The monoisotopic (exact) mass is 345 g/mol. The second-order valence-corrected chi connectivity index (χ2v) is 7.08. The van der Waals surface area contributed by atoms with Crippen molar-refractivity contribution in [1.29, 1.82) is 0 Å². The summed E-state index contributed by atoms with van der Waals surface area (Å²) in [6.07, 6.45) is 5.73. The Bertz CT molecular complexity index is 627. The molecule has 0 unspecified atom stereocenters. The molecule has 2 aromatic heterocycles. The number of thiophene rings is 1. The van der Waals surface area contributed by atoms with Gasteiger partial charge in [0.2, 0.25) is 0 Å². The SMILES string of the molecule is C[C@H](NC(=O)N(Cc1cccs1)C[C@@H]1CCCO1)c1ccncc1. The smallest absolute Gasteiger partial charge is 0.318 e. The summed E-state index contributed by atoms with van der Waals surface area (Å²) < 4.78 is 5.72. The largest absolute Gasteiger partial charge is 0.376 e. The minimum Gasteiger partial charge on any atom is -0.376 e. The van der Waals surface area contributed by atoms with Gasteiger partial charge in [-0.05, 0) is 48.9 Å². The van der Waals surface area contributed by atoms with Gasteiger partial charge in [0.05, 0.1) is 18.7 Å². The number of nitrogens with zero attached hydrogens (tertiary/aromatic N) is 2. The van der Waals surface area contributed by atoms with Crippen LogP contribution in [0, 0.1) is 0 Å². The Morgan fingerprint density at radius 1 is 1.46 bits per heavy atom. The summed E-state index contributed by atoms with van der Waals surface area (Å²) in [5, 5.41) is 5.13. The number of carbonyl (C=O) groups excluding carboxylic acids is 1. The zero-order valence-electron chi connectivity index (χ0n) is 13.9. The maximum Gasteiger partial charge on any atom is 0.318 e. The van der Waals surface area contributed by atoms with Crippen molar-refractivity contribution in [2.24, 2.45) is 0 Å². The standard InChI is InChI=1S/C18H23N3O2S/c1-14(15-6-8-19-9-7-15)20-18(22)21(12-16-4-2-10-23-16)13-17-5-3-11-24-17/h3,5-9,11,14,16H,2,4,10,12-13H2,1H3,(H,20,22)/t14-,16-/m0/s1. The lowest BCUT2D eigenvalue weighted by Crippen LogP contribution is -2.44. The van der Waals surface area contributed by atoms with E-state index in [4.69, 9.17) is 4.74 Å². The molecule has 2 amide bonds. The van der Waals surface area contributed by atoms with Gasteiger partial charge < -0.3 is 15.0 Å². The average molecular weight is 345 g/mol. The zero-order valence-corrected chi connectivity index (χ0v) is 14.7. The Labute approximate surface area is 146 Å². The van der Waals surface area contributed by atoms with Crippen molar-refractivity contribution in [3.05, 3.63) is 52.5 Å². The highest BCUT2D eigenvalue weighted by atomic mass is 32.1. The highest BCUT2D eigenvalue weighted by Gasteiger charge is 2.24. The van der Waals surface area contributed by atoms with Crippen LogP contribution >= 0.6 is 11.3 Å². The lowest BCUT2D eigenvalue weighted by molar-refractivity contribution is 0.0792. The summed E-state index contributed by atoms with van der Waals surface area (Å²) >= 11 is 1.67. The number of pyridine rings is 1. The summed E-state index contributed by atoms with van der Waals surface area (Å²) in [5.41, 5.74) is 1.05. The van der Waals surface area contributed by atoms with E-state index in [1.807, 2.05) is 35.4 Å². The molecule has 6 heteroatoms. The quantitative estimate of drug-likeness (QED) is 0.870. The molecule has 128 valence electrons. The van der Waals surface area contributed by atoms with Crippen molar-refractivity contribution in [2.45, 2.75) is 38.5 Å². The van der Waals surface area contributed by atoms with Gasteiger partial charge in [-0.2, -0.15) is 0 Å². The van der Waals surface area contributed by atoms with Crippen molar-refractivity contribution in [1.82, 2.24) is 15.2 Å². The first-order valence-electron chi connectivity index (χ1n) is 8.31. The molecule has 1 fully saturated rings. The third-order valence-corrected chi connectivity index (χ3v) is 5.07. The number of rotatable bonds is 6. The van der Waals surface area contributed by atoms with Gasteiger partial charge in [0.25, 0.3) is 0 Å². The van der Waals surface area contributed by atoms with E-state index in [0.717, 1.165) is 25.0 Å². The number of aromatic nitrogens is 1. The van der Waals surface area contributed by atoms with E-state index in [1.54, 1.807) is 23.7 Å².